The first-order chi connectivity index (χ1) is 13.1. The Hall–Kier alpha value is -2.57. The van der Waals surface area contributed by atoms with Gasteiger partial charge in [0.1, 0.15) is 0 Å². The third kappa shape index (κ3) is 3.91. The number of hydrogen-bond donors (Lipinski definition) is 0. The molecule has 0 bridgehead atoms. The van der Waals surface area contributed by atoms with E-state index in [0.29, 0.717) is 5.92 Å². The Morgan fingerprint density at radius 3 is 2.67 bits per heavy atom. The van der Waals surface area contributed by atoms with Gasteiger partial charge in [-0.25, -0.2) is 14.5 Å². The second-order valence-electron chi connectivity index (χ2n) is 7.16. The molecule has 1 aromatic carbocycles. The second kappa shape index (κ2) is 7.58. The van der Waals surface area contributed by atoms with E-state index in [1.807, 2.05) is 35.1 Å². The summed E-state index contributed by atoms with van der Waals surface area (Å²) in [5.74, 6) is 0.485. The van der Waals surface area contributed by atoms with E-state index >= 15 is 0 Å². The molecule has 27 heavy (non-hydrogen) atoms. The summed E-state index contributed by atoms with van der Waals surface area (Å²) >= 11 is 1.74. The normalized spacial score (nSPS) is 11.7. The van der Waals surface area contributed by atoms with Crippen molar-refractivity contribution in [1.82, 2.24) is 24.5 Å². The summed E-state index contributed by atoms with van der Waals surface area (Å²) in [6, 6.07) is 10.2. The third-order valence-electron chi connectivity index (χ3n) is 4.44. The smallest absolute Gasteiger partial charge is 0.162 e. The Morgan fingerprint density at radius 1 is 1.11 bits per heavy atom. The molecule has 0 amide bonds. The summed E-state index contributed by atoms with van der Waals surface area (Å²) in [5.41, 5.74) is 5.33. The molecule has 0 atom stereocenters. The number of hydrogen-bond acceptors (Lipinski definition) is 5. The molecule has 138 valence electrons. The zero-order chi connectivity index (χ0) is 18.8. The average Bonchev–Trinajstić information content (AvgIpc) is 3.29. The van der Waals surface area contributed by atoms with Crippen molar-refractivity contribution in [3.63, 3.8) is 0 Å². The van der Waals surface area contributed by atoms with Crippen LogP contribution in [-0.4, -0.2) is 31.5 Å². The van der Waals surface area contributed by atoms with Gasteiger partial charge in [-0.2, -0.15) is 5.10 Å². The summed E-state index contributed by atoms with van der Waals surface area (Å²) < 4.78 is 1.87. The summed E-state index contributed by atoms with van der Waals surface area (Å²) in [7, 11) is 2.11. The zero-order valence-electron chi connectivity index (χ0n) is 15.8. The van der Waals surface area contributed by atoms with Crippen LogP contribution in [0.4, 0.5) is 0 Å². The van der Waals surface area contributed by atoms with E-state index in [1.165, 1.54) is 5.01 Å². The van der Waals surface area contributed by atoms with Crippen molar-refractivity contribution >= 4 is 17.0 Å². The van der Waals surface area contributed by atoms with Gasteiger partial charge in [-0.05, 0) is 12.6 Å². The number of benzene rings is 1. The molecule has 0 spiro atoms. The molecule has 3 aromatic heterocycles. The fourth-order valence-corrected chi connectivity index (χ4v) is 3.95. The number of thiazole rings is 1. The first-order valence-electron chi connectivity index (χ1n) is 9.10. The molecule has 3 heterocycles. The lowest BCUT2D eigenvalue weighted by atomic mass is 10.1. The molecular formula is C21H23N5S. The molecule has 0 saturated carbocycles. The molecule has 0 radical (unpaired) electrons. The SMILES string of the molecule is CC(C)c1nc(CN(C)Cc2cnc3c(-c4ccccc4)cnn3c2)cs1. The lowest BCUT2D eigenvalue weighted by Gasteiger charge is -2.15. The number of nitrogens with zero attached hydrogens (tertiary/aromatic N) is 5. The average molecular weight is 378 g/mol. The zero-order valence-corrected chi connectivity index (χ0v) is 16.6. The largest absolute Gasteiger partial charge is 0.296 e. The van der Waals surface area contributed by atoms with E-state index in [0.717, 1.165) is 41.1 Å². The quantitative estimate of drug-likeness (QED) is 0.492. The van der Waals surface area contributed by atoms with Gasteiger partial charge in [0, 0.05) is 47.9 Å². The maximum Gasteiger partial charge on any atom is 0.162 e. The van der Waals surface area contributed by atoms with Gasteiger partial charge in [0.25, 0.3) is 0 Å². The van der Waals surface area contributed by atoms with E-state index in [2.05, 4.69) is 59.6 Å². The second-order valence-corrected chi connectivity index (χ2v) is 8.05. The standard InChI is InChI=1S/C21H23N5S/c1-15(2)21-24-18(14-27-21)13-25(3)11-16-9-22-20-19(10-23-26(20)12-16)17-7-5-4-6-8-17/h4-10,12,14-15H,11,13H2,1-3H3. The Balaban J connectivity index is 1.49. The minimum Gasteiger partial charge on any atom is -0.296 e. The van der Waals surface area contributed by atoms with Gasteiger partial charge >= 0.3 is 0 Å². The Labute approximate surface area is 163 Å². The summed E-state index contributed by atoms with van der Waals surface area (Å²) in [5, 5.41) is 7.85. The highest BCUT2D eigenvalue weighted by molar-refractivity contribution is 7.09. The van der Waals surface area contributed by atoms with Crippen LogP contribution in [0.15, 0.2) is 54.3 Å². The van der Waals surface area contributed by atoms with Crippen LogP contribution in [0.2, 0.25) is 0 Å². The topological polar surface area (TPSA) is 46.3 Å². The van der Waals surface area contributed by atoms with Crippen LogP contribution in [-0.2, 0) is 13.1 Å². The molecule has 0 saturated heterocycles. The maximum atomic E-state index is 4.72. The van der Waals surface area contributed by atoms with Gasteiger partial charge in [0.15, 0.2) is 5.65 Å². The molecule has 0 aliphatic rings. The molecule has 5 nitrogen and oxygen atoms in total. The lowest BCUT2D eigenvalue weighted by molar-refractivity contribution is 0.314. The fraction of sp³-hybridized carbons (Fsp3) is 0.286. The van der Waals surface area contributed by atoms with Crippen LogP contribution in [0.25, 0.3) is 16.8 Å². The Morgan fingerprint density at radius 2 is 1.93 bits per heavy atom. The molecule has 0 unspecified atom stereocenters. The Bertz CT molecular complexity index is 1040. The van der Waals surface area contributed by atoms with Crippen molar-refractivity contribution in [3.8, 4) is 11.1 Å². The molecule has 0 aliphatic heterocycles. The summed E-state index contributed by atoms with van der Waals surface area (Å²) in [6.45, 7) is 6.00. The van der Waals surface area contributed by atoms with Crippen molar-refractivity contribution in [2.75, 3.05) is 7.05 Å². The van der Waals surface area contributed by atoms with Crippen LogP contribution in [0.3, 0.4) is 0 Å². The first kappa shape index (κ1) is 17.8. The van der Waals surface area contributed by atoms with E-state index in [1.54, 1.807) is 11.3 Å². The highest BCUT2D eigenvalue weighted by Gasteiger charge is 2.11. The summed E-state index contributed by atoms with van der Waals surface area (Å²) in [4.78, 5) is 11.6. The highest BCUT2D eigenvalue weighted by Crippen LogP contribution is 2.23. The van der Waals surface area contributed by atoms with Gasteiger partial charge in [-0.1, -0.05) is 44.2 Å². The first-order valence-corrected chi connectivity index (χ1v) is 9.98. The molecule has 0 aliphatic carbocycles. The van der Waals surface area contributed by atoms with Gasteiger partial charge in [-0.15, -0.1) is 11.3 Å². The number of fused-ring (bicyclic) bond motifs is 1. The molecule has 0 N–H and O–H groups in total. The van der Waals surface area contributed by atoms with E-state index in [9.17, 15) is 0 Å². The predicted molar refractivity (Wildman–Crippen MR) is 110 cm³/mol. The highest BCUT2D eigenvalue weighted by atomic mass is 32.1. The van der Waals surface area contributed by atoms with Gasteiger partial charge < -0.3 is 0 Å². The van der Waals surface area contributed by atoms with E-state index in [4.69, 9.17) is 4.98 Å². The van der Waals surface area contributed by atoms with Crippen LogP contribution in [0.1, 0.15) is 36.0 Å². The molecular weight excluding hydrogens is 354 g/mol. The van der Waals surface area contributed by atoms with Crippen molar-refractivity contribution in [2.24, 2.45) is 0 Å². The van der Waals surface area contributed by atoms with Crippen molar-refractivity contribution in [3.05, 3.63) is 70.6 Å². The lowest BCUT2D eigenvalue weighted by Crippen LogP contribution is -2.18. The van der Waals surface area contributed by atoms with Crippen molar-refractivity contribution in [2.45, 2.75) is 32.9 Å². The van der Waals surface area contributed by atoms with Crippen LogP contribution >= 0.6 is 11.3 Å². The number of rotatable bonds is 6. The minimum atomic E-state index is 0.485. The van der Waals surface area contributed by atoms with Gasteiger partial charge in [0.2, 0.25) is 0 Å². The molecule has 4 aromatic rings. The van der Waals surface area contributed by atoms with Crippen LogP contribution in [0.5, 0.6) is 0 Å². The van der Waals surface area contributed by atoms with E-state index in [-0.39, 0.29) is 0 Å². The van der Waals surface area contributed by atoms with Crippen molar-refractivity contribution < 1.29 is 0 Å². The van der Waals surface area contributed by atoms with Crippen molar-refractivity contribution in [1.29, 1.82) is 0 Å². The van der Waals surface area contributed by atoms with Gasteiger partial charge in [0.05, 0.1) is 16.9 Å². The maximum absolute atomic E-state index is 4.72. The van der Waals surface area contributed by atoms with Gasteiger partial charge in [-0.3, -0.25) is 4.90 Å². The van der Waals surface area contributed by atoms with Crippen LogP contribution < -0.4 is 0 Å². The molecule has 0 fully saturated rings. The number of aromatic nitrogens is 4. The fourth-order valence-electron chi connectivity index (χ4n) is 3.12. The van der Waals surface area contributed by atoms with E-state index < -0.39 is 0 Å². The van der Waals surface area contributed by atoms with Crippen LogP contribution in [0, 0.1) is 0 Å². The molecule has 4 rings (SSSR count). The molecule has 6 heteroatoms. The summed E-state index contributed by atoms with van der Waals surface area (Å²) in [6.07, 6.45) is 5.89. The monoisotopic (exact) mass is 377 g/mol. The Kier molecular flexibility index (Phi) is 5.01. The predicted octanol–water partition coefficient (Wildman–Crippen LogP) is 4.61. The third-order valence-corrected chi connectivity index (χ3v) is 5.64. The minimum absolute atomic E-state index is 0.485.